The Labute approximate surface area is 102 Å². The summed E-state index contributed by atoms with van der Waals surface area (Å²) < 4.78 is 0. The molecule has 1 unspecified atom stereocenters. The van der Waals surface area contributed by atoms with Crippen molar-refractivity contribution in [2.75, 3.05) is 0 Å². The SMILES string of the molecule is C#CCCCC(C#N)C(=O)Cc1ccccc1. The second-order valence-corrected chi connectivity index (χ2v) is 3.91. The van der Waals surface area contributed by atoms with Crippen LogP contribution >= 0.6 is 0 Å². The van der Waals surface area contributed by atoms with Crippen LogP contribution in [0.2, 0.25) is 0 Å². The Morgan fingerprint density at radius 3 is 2.65 bits per heavy atom. The van der Waals surface area contributed by atoms with Gasteiger partial charge in [0.15, 0.2) is 5.78 Å². The molecule has 1 rings (SSSR count). The molecular weight excluding hydrogens is 210 g/mol. The maximum absolute atomic E-state index is 11.9. The van der Waals surface area contributed by atoms with E-state index in [0.29, 0.717) is 19.3 Å². The third kappa shape index (κ3) is 4.53. The van der Waals surface area contributed by atoms with E-state index >= 15 is 0 Å². The molecule has 0 radical (unpaired) electrons. The lowest BCUT2D eigenvalue weighted by atomic mass is 9.94. The monoisotopic (exact) mass is 225 g/mol. The van der Waals surface area contributed by atoms with Crippen molar-refractivity contribution in [3.8, 4) is 18.4 Å². The number of nitriles is 1. The molecule has 0 heterocycles. The number of rotatable bonds is 6. The average Bonchev–Trinajstić information content (AvgIpc) is 2.36. The molecule has 1 aromatic rings. The van der Waals surface area contributed by atoms with Crippen molar-refractivity contribution in [1.29, 1.82) is 5.26 Å². The minimum Gasteiger partial charge on any atom is -0.298 e. The molecule has 17 heavy (non-hydrogen) atoms. The second kappa shape index (κ2) is 7.25. The van der Waals surface area contributed by atoms with Crippen molar-refractivity contribution >= 4 is 5.78 Å². The Balaban J connectivity index is 2.51. The van der Waals surface area contributed by atoms with Gasteiger partial charge in [0.1, 0.15) is 5.92 Å². The van der Waals surface area contributed by atoms with Crippen LogP contribution in [0, 0.1) is 29.6 Å². The number of terminal acetylenes is 1. The molecule has 0 aliphatic heterocycles. The van der Waals surface area contributed by atoms with E-state index in [4.69, 9.17) is 11.7 Å². The van der Waals surface area contributed by atoms with Gasteiger partial charge in [-0.3, -0.25) is 4.79 Å². The lowest BCUT2D eigenvalue weighted by Gasteiger charge is -2.06. The molecule has 0 saturated carbocycles. The van der Waals surface area contributed by atoms with Crippen LogP contribution in [-0.2, 0) is 11.2 Å². The zero-order valence-corrected chi connectivity index (χ0v) is 9.73. The fourth-order valence-electron chi connectivity index (χ4n) is 1.63. The van der Waals surface area contributed by atoms with Gasteiger partial charge in [0.2, 0.25) is 0 Å². The summed E-state index contributed by atoms with van der Waals surface area (Å²) in [7, 11) is 0. The maximum atomic E-state index is 11.9. The number of Topliss-reactive ketones (excluding diaryl/α,β-unsaturated/α-hetero) is 1. The number of hydrogen-bond donors (Lipinski definition) is 0. The van der Waals surface area contributed by atoms with E-state index in [-0.39, 0.29) is 5.78 Å². The molecule has 0 fully saturated rings. The van der Waals surface area contributed by atoms with Crippen LogP contribution in [0.1, 0.15) is 24.8 Å². The Hall–Kier alpha value is -2.06. The number of hydrogen-bond acceptors (Lipinski definition) is 2. The van der Waals surface area contributed by atoms with Crippen molar-refractivity contribution < 1.29 is 4.79 Å². The van der Waals surface area contributed by atoms with E-state index in [2.05, 4.69) is 12.0 Å². The molecule has 0 N–H and O–H groups in total. The molecule has 0 saturated heterocycles. The summed E-state index contributed by atoms with van der Waals surface area (Å²) in [5, 5.41) is 8.95. The first-order valence-corrected chi connectivity index (χ1v) is 5.67. The normalized spacial score (nSPS) is 11.2. The van der Waals surface area contributed by atoms with Gasteiger partial charge in [-0.15, -0.1) is 12.3 Å². The van der Waals surface area contributed by atoms with E-state index in [1.165, 1.54) is 0 Å². The Bertz CT molecular complexity index is 436. The topological polar surface area (TPSA) is 40.9 Å². The van der Waals surface area contributed by atoms with Crippen molar-refractivity contribution in [1.82, 2.24) is 0 Å². The van der Waals surface area contributed by atoms with Gasteiger partial charge >= 0.3 is 0 Å². The highest BCUT2D eigenvalue weighted by molar-refractivity contribution is 5.85. The smallest absolute Gasteiger partial charge is 0.154 e. The lowest BCUT2D eigenvalue weighted by Crippen LogP contribution is -2.15. The number of carbonyl (C=O) groups excluding carboxylic acids is 1. The molecular formula is C15H15NO. The second-order valence-electron chi connectivity index (χ2n) is 3.91. The number of nitrogens with zero attached hydrogens (tertiary/aromatic N) is 1. The number of ketones is 1. The molecule has 1 atom stereocenters. The minimum atomic E-state index is -0.524. The third-order valence-corrected chi connectivity index (χ3v) is 2.58. The Morgan fingerprint density at radius 2 is 2.06 bits per heavy atom. The van der Waals surface area contributed by atoms with Crippen molar-refractivity contribution in [2.24, 2.45) is 5.92 Å². The summed E-state index contributed by atoms with van der Waals surface area (Å²) in [6, 6.07) is 11.5. The largest absolute Gasteiger partial charge is 0.298 e. The zero-order chi connectivity index (χ0) is 12.5. The van der Waals surface area contributed by atoms with Gasteiger partial charge in [0.05, 0.1) is 6.07 Å². The van der Waals surface area contributed by atoms with Gasteiger partial charge in [0.25, 0.3) is 0 Å². The molecule has 0 bridgehead atoms. The molecule has 0 amide bonds. The van der Waals surface area contributed by atoms with Crippen LogP contribution in [-0.4, -0.2) is 5.78 Å². The van der Waals surface area contributed by atoms with Crippen LogP contribution in [0.25, 0.3) is 0 Å². The van der Waals surface area contributed by atoms with Crippen molar-refractivity contribution in [3.05, 3.63) is 35.9 Å². The van der Waals surface area contributed by atoms with Crippen molar-refractivity contribution in [2.45, 2.75) is 25.7 Å². The predicted octanol–water partition coefficient (Wildman–Crippen LogP) is 2.74. The summed E-state index contributed by atoms with van der Waals surface area (Å²) in [4.78, 5) is 11.9. The van der Waals surface area contributed by atoms with Gasteiger partial charge in [-0.1, -0.05) is 30.3 Å². The molecule has 0 aliphatic rings. The van der Waals surface area contributed by atoms with Crippen LogP contribution in [0.3, 0.4) is 0 Å². The first-order chi connectivity index (χ1) is 8.27. The standard InChI is InChI=1S/C15H15NO/c1-2-3-5-10-14(12-16)15(17)11-13-8-6-4-7-9-13/h1,4,6-9,14H,3,5,10-11H2. The van der Waals surface area contributed by atoms with Crippen molar-refractivity contribution in [3.63, 3.8) is 0 Å². The first kappa shape index (κ1) is 13.0. The zero-order valence-electron chi connectivity index (χ0n) is 9.73. The number of unbranched alkanes of at least 4 members (excludes halogenated alkanes) is 1. The molecule has 0 aliphatic carbocycles. The van der Waals surface area contributed by atoms with E-state index in [9.17, 15) is 4.79 Å². The molecule has 0 aromatic heterocycles. The Kier molecular flexibility index (Phi) is 5.55. The van der Waals surface area contributed by atoms with Gasteiger partial charge in [-0.05, 0) is 18.4 Å². The highest BCUT2D eigenvalue weighted by Crippen LogP contribution is 2.12. The van der Waals surface area contributed by atoms with E-state index in [1.54, 1.807) is 0 Å². The molecule has 0 spiro atoms. The summed E-state index contributed by atoms with van der Waals surface area (Å²) in [6.07, 6.45) is 7.38. The molecule has 1 aromatic carbocycles. The summed E-state index contributed by atoms with van der Waals surface area (Å²) in [5.74, 6) is 1.97. The number of benzene rings is 1. The quantitative estimate of drug-likeness (QED) is 0.551. The van der Waals surface area contributed by atoms with Gasteiger partial charge in [0, 0.05) is 12.8 Å². The maximum Gasteiger partial charge on any atom is 0.154 e. The predicted molar refractivity (Wildman–Crippen MR) is 66.9 cm³/mol. The van der Waals surface area contributed by atoms with Crippen LogP contribution in [0.15, 0.2) is 30.3 Å². The van der Waals surface area contributed by atoms with E-state index in [0.717, 1.165) is 12.0 Å². The minimum absolute atomic E-state index is 0.0179. The van der Waals surface area contributed by atoms with Gasteiger partial charge in [-0.2, -0.15) is 5.26 Å². The lowest BCUT2D eigenvalue weighted by molar-refractivity contribution is -0.120. The summed E-state index contributed by atoms with van der Waals surface area (Å²) in [6.45, 7) is 0. The van der Waals surface area contributed by atoms with Gasteiger partial charge in [-0.25, -0.2) is 0 Å². The average molecular weight is 225 g/mol. The third-order valence-electron chi connectivity index (χ3n) is 2.58. The molecule has 2 nitrogen and oxygen atoms in total. The highest BCUT2D eigenvalue weighted by Gasteiger charge is 2.17. The number of carbonyl (C=O) groups is 1. The first-order valence-electron chi connectivity index (χ1n) is 5.67. The summed E-state index contributed by atoms with van der Waals surface area (Å²) in [5.41, 5.74) is 0.953. The Morgan fingerprint density at radius 1 is 1.35 bits per heavy atom. The van der Waals surface area contributed by atoms with Gasteiger partial charge < -0.3 is 0 Å². The fraction of sp³-hybridized carbons (Fsp3) is 0.333. The summed E-state index contributed by atoms with van der Waals surface area (Å²) >= 11 is 0. The highest BCUT2D eigenvalue weighted by atomic mass is 16.1. The molecule has 86 valence electrons. The van der Waals surface area contributed by atoms with E-state index in [1.807, 2.05) is 30.3 Å². The van der Waals surface area contributed by atoms with Crippen LogP contribution in [0.4, 0.5) is 0 Å². The van der Waals surface area contributed by atoms with Crippen LogP contribution < -0.4 is 0 Å². The molecule has 2 heteroatoms. The van der Waals surface area contributed by atoms with Crippen LogP contribution in [0.5, 0.6) is 0 Å². The van der Waals surface area contributed by atoms with E-state index < -0.39 is 5.92 Å². The fourth-order valence-corrected chi connectivity index (χ4v) is 1.63.